The van der Waals surface area contributed by atoms with Crippen LogP contribution in [-0.4, -0.2) is 12.8 Å². The normalized spacial score (nSPS) is 23.1. The molecule has 0 spiro atoms. The number of rotatable bonds is 0. The molecule has 1 heterocycles. The first-order valence-electron chi connectivity index (χ1n) is 1.97. The summed E-state index contributed by atoms with van der Waals surface area (Å²) in [7, 11) is 0. The van der Waals surface area contributed by atoms with E-state index in [2.05, 4.69) is 9.47 Å². The minimum absolute atomic E-state index is 0.280. The lowest BCUT2D eigenvalue weighted by Gasteiger charge is -1.82. The van der Waals surface area contributed by atoms with Crippen molar-refractivity contribution in [1.82, 2.24) is 0 Å². The first kappa shape index (κ1) is 5.87. The summed E-state index contributed by atoms with van der Waals surface area (Å²) >= 11 is 1.98. The Balaban J connectivity index is 2.56. The highest BCUT2D eigenvalue weighted by Gasteiger charge is 2.16. The van der Waals surface area contributed by atoms with E-state index in [1.807, 2.05) is 22.6 Å². The molecule has 0 amide bonds. The standard InChI is InChI=1S/C4H3IO3/c5-1-3-2-7-4(6)8-3/h1H,2H2/b3-1-. The average Bonchev–Trinajstić information content (AvgIpc) is 2.14. The lowest BCUT2D eigenvalue weighted by molar-refractivity contribution is 0.136. The zero-order chi connectivity index (χ0) is 5.98. The van der Waals surface area contributed by atoms with Gasteiger partial charge in [0, 0.05) is 4.08 Å². The van der Waals surface area contributed by atoms with Gasteiger partial charge in [-0.05, 0) is 22.6 Å². The third kappa shape index (κ3) is 1.12. The van der Waals surface area contributed by atoms with Crippen LogP contribution >= 0.6 is 22.6 Å². The average molecular weight is 226 g/mol. The third-order valence-corrected chi connectivity index (χ3v) is 1.36. The molecule has 1 saturated heterocycles. The summed E-state index contributed by atoms with van der Waals surface area (Å²) in [5, 5.41) is 0. The van der Waals surface area contributed by atoms with Crippen molar-refractivity contribution in [2.75, 3.05) is 6.61 Å². The molecule has 0 aliphatic carbocycles. The molecule has 0 aromatic carbocycles. The number of hydrogen-bond donors (Lipinski definition) is 0. The van der Waals surface area contributed by atoms with Gasteiger partial charge in [0.1, 0.15) is 0 Å². The van der Waals surface area contributed by atoms with Crippen molar-refractivity contribution in [1.29, 1.82) is 0 Å². The minimum atomic E-state index is -0.604. The fourth-order valence-corrected chi connectivity index (χ4v) is 0.657. The summed E-state index contributed by atoms with van der Waals surface area (Å²) in [5.74, 6) is 0.579. The second kappa shape index (κ2) is 2.34. The smallest absolute Gasteiger partial charge is 0.426 e. The van der Waals surface area contributed by atoms with Crippen LogP contribution in [0.1, 0.15) is 0 Å². The van der Waals surface area contributed by atoms with Crippen molar-refractivity contribution in [3.63, 3.8) is 0 Å². The predicted octanol–water partition coefficient (Wildman–Crippen LogP) is 1.43. The molecule has 4 heteroatoms. The summed E-state index contributed by atoms with van der Waals surface area (Å²) in [6.45, 7) is 0.280. The van der Waals surface area contributed by atoms with Gasteiger partial charge < -0.3 is 9.47 Å². The van der Waals surface area contributed by atoms with Gasteiger partial charge in [0.2, 0.25) is 0 Å². The Morgan fingerprint density at radius 1 is 1.75 bits per heavy atom. The highest BCUT2D eigenvalue weighted by atomic mass is 127. The van der Waals surface area contributed by atoms with Gasteiger partial charge in [-0.25, -0.2) is 4.79 Å². The van der Waals surface area contributed by atoms with Crippen LogP contribution in [0.5, 0.6) is 0 Å². The molecule has 3 nitrogen and oxygen atoms in total. The van der Waals surface area contributed by atoms with E-state index >= 15 is 0 Å². The number of hydrogen-bond acceptors (Lipinski definition) is 3. The molecule has 0 radical (unpaired) electrons. The number of carbonyl (C=O) groups excluding carboxylic acids is 1. The molecule has 0 N–H and O–H groups in total. The molecular formula is C4H3IO3. The van der Waals surface area contributed by atoms with E-state index in [1.54, 1.807) is 4.08 Å². The Kier molecular flexibility index (Phi) is 1.72. The molecule has 0 saturated carbocycles. The maximum Gasteiger partial charge on any atom is 0.514 e. The van der Waals surface area contributed by atoms with Gasteiger partial charge >= 0.3 is 6.16 Å². The highest BCUT2D eigenvalue weighted by molar-refractivity contribution is 14.1. The van der Waals surface area contributed by atoms with Crippen LogP contribution in [0, 0.1) is 0 Å². The van der Waals surface area contributed by atoms with Crippen molar-refractivity contribution in [3.8, 4) is 0 Å². The zero-order valence-electron chi connectivity index (χ0n) is 3.89. The molecule has 0 aromatic heterocycles. The third-order valence-electron chi connectivity index (χ3n) is 0.668. The largest absolute Gasteiger partial charge is 0.514 e. The molecule has 44 valence electrons. The Bertz CT molecular complexity index is 140. The Morgan fingerprint density at radius 2 is 2.50 bits per heavy atom. The van der Waals surface area contributed by atoms with E-state index in [9.17, 15) is 4.79 Å². The van der Waals surface area contributed by atoms with E-state index in [0.29, 0.717) is 5.76 Å². The molecule has 8 heavy (non-hydrogen) atoms. The molecule has 1 fully saturated rings. The molecule has 0 atom stereocenters. The SMILES string of the molecule is O=C1OC/C(=C/I)O1. The van der Waals surface area contributed by atoms with Crippen molar-refractivity contribution < 1.29 is 14.3 Å². The molecule has 1 aliphatic heterocycles. The maximum absolute atomic E-state index is 10.1. The van der Waals surface area contributed by atoms with Gasteiger partial charge in [-0.2, -0.15) is 0 Å². The predicted molar refractivity (Wildman–Crippen MR) is 34.5 cm³/mol. The summed E-state index contributed by atoms with van der Waals surface area (Å²) in [5.41, 5.74) is 0. The second-order valence-corrected chi connectivity index (χ2v) is 1.84. The molecule has 0 aromatic rings. The Labute approximate surface area is 59.8 Å². The van der Waals surface area contributed by atoms with Gasteiger partial charge in [0.05, 0.1) is 0 Å². The Hall–Kier alpha value is -0.260. The van der Waals surface area contributed by atoms with E-state index in [-0.39, 0.29) is 6.61 Å². The number of carbonyl (C=O) groups is 1. The van der Waals surface area contributed by atoms with Crippen LogP contribution in [-0.2, 0) is 9.47 Å². The van der Waals surface area contributed by atoms with Crippen molar-refractivity contribution >= 4 is 28.7 Å². The van der Waals surface area contributed by atoms with Gasteiger partial charge in [-0.3, -0.25) is 0 Å². The van der Waals surface area contributed by atoms with E-state index in [1.165, 1.54) is 0 Å². The van der Waals surface area contributed by atoms with Crippen molar-refractivity contribution in [2.45, 2.75) is 0 Å². The quantitative estimate of drug-likeness (QED) is 0.463. The van der Waals surface area contributed by atoms with E-state index < -0.39 is 6.16 Å². The second-order valence-electron chi connectivity index (χ2n) is 1.22. The monoisotopic (exact) mass is 226 g/mol. The molecule has 0 unspecified atom stereocenters. The van der Waals surface area contributed by atoms with Gasteiger partial charge in [-0.15, -0.1) is 0 Å². The summed E-state index contributed by atoms with van der Waals surface area (Å²) in [4.78, 5) is 10.1. The maximum atomic E-state index is 10.1. The highest BCUT2D eigenvalue weighted by Crippen LogP contribution is 2.10. The summed E-state index contributed by atoms with van der Waals surface area (Å²) in [6, 6.07) is 0. The van der Waals surface area contributed by atoms with E-state index in [4.69, 9.17) is 0 Å². The van der Waals surface area contributed by atoms with Crippen molar-refractivity contribution in [2.24, 2.45) is 0 Å². The topological polar surface area (TPSA) is 35.5 Å². The first-order chi connectivity index (χ1) is 3.83. The minimum Gasteiger partial charge on any atom is -0.426 e. The fraction of sp³-hybridized carbons (Fsp3) is 0.250. The Morgan fingerprint density at radius 3 is 2.75 bits per heavy atom. The lowest BCUT2D eigenvalue weighted by atomic mass is 10.6. The van der Waals surface area contributed by atoms with Crippen LogP contribution < -0.4 is 0 Å². The van der Waals surface area contributed by atoms with Gasteiger partial charge in [0.25, 0.3) is 0 Å². The van der Waals surface area contributed by atoms with Crippen molar-refractivity contribution in [3.05, 3.63) is 9.84 Å². The fourth-order valence-electron chi connectivity index (χ4n) is 0.350. The van der Waals surface area contributed by atoms with Crippen LogP contribution in [0.3, 0.4) is 0 Å². The molecule has 0 bridgehead atoms. The summed E-state index contributed by atoms with van der Waals surface area (Å²) in [6.07, 6.45) is -0.604. The van der Waals surface area contributed by atoms with Gasteiger partial charge in [0.15, 0.2) is 12.4 Å². The molecule has 1 rings (SSSR count). The lowest BCUT2D eigenvalue weighted by Crippen LogP contribution is -1.88. The summed E-state index contributed by atoms with van der Waals surface area (Å²) < 4.78 is 10.6. The zero-order valence-corrected chi connectivity index (χ0v) is 6.04. The number of cyclic esters (lactones) is 2. The number of ether oxygens (including phenoxy) is 2. The van der Waals surface area contributed by atoms with Crippen LogP contribution in [0.4, 0.5) is 4.79 Å². The van der Waals surface area contributed by atoms with Crippen LogP contribution in [0.15, 0.2) is 9.84 Å². The van der Waals surface area contributed by atoms with Crippen LogP contribution in [0.25, 0.3) is 0 Å². The van der Waals surface area contributed by atoms with E-state index in [0.717, 1.165) is 0 Å². The van der Waals surface area contributed by atoms with Gasteiger partial charge in [-0.1, -0.05) is 0 Å². The molecular weight excluding hydrogens is 223 g/mol. The number of halogens is 1. The first-order valence-corrected chi connectivity index (χ1v) is 3.21. The van der Waals surface area contributed by atoms with Crippen LogP contribution in [0.2, 0.25) is 0 Å². The molecule has 1 aliphatic rings.